The van der Waals surface area contributed by atoms with E-state index in [1.54, 1.807) is 12.1 Å². The first kappa shape index (κ1) is 17.9. The molecular formula is C17H20N4O2S2. The maximum absolute atomic E-state index is 12.3. The summed E-state index contributed by atoms with van der Waals surface area (Å²) >= 11 is 2.90. The lowest BCUT2D eigenvalue weighted by Crippen LogP contribution is -2.23. The van der Waals surface area contributed by atoms with Gasteiger partial charge in [-0.15, -0.1) is 10.2 Å². The van der Waals surface area contributed by atoms with Crippen molar-refractivity contribution in [1.82, 2.24) is 15.5 Å². The van der Waals surface area contributed by atoms with Crippen LogP contribution in [0.3, 0.4) is 0 Å². The summed E-state index contributed by atoms with van der Waals surface area (Å²) in [7, 11) is 0. The molecule has 1 fully saturated rings. The Kier molecular flexibility index (Phi) is 5.70. The quantitative estimate of drug-likeness (QED) is 0.543. The molecule has 1 atom stereocenters. The smallest absolute Gasteiger partial charge is 0.217 e. The van der Waals surface area contributed by atoms with Gasteiger partial charge in [0, 0.05) is 18.5 Å². The Balaban J connectivity index is 1.52. The molecule has 1 aliphatic rings. The molecule has 0 spiro atoms. The lowest BCUT2D eigenvalue weighted by molar-refractivity contribution is -0.119. The number of benzene rings is 1. The molecule has 0 bridgehead atoms. The number of nitrogens with one attached hydrogen (secondary N) is 2. The molecule has 0 aliphatic heterocycles. The molecule has 2 aromatic rings. The van der Waals surface area contributed by atoms with Gasteiger partial charge in [-0.3, -0.25) is 9.59 Å². The maximum atomic E-state index is 12.3. The zero-order valence-electron chi connectivity index (χ0n) is 14.1. The number of ketones is 1. The molecule has 0 unspecified atom stereocenters. The number of nitrogens with zero attached hydrogens (tertiary/aromatic N) is 2. The molecule has 1 heterocycles. The van der Waals surface area contributed by atoms with Crippen molar-refractivity contribution in [3.63, 3.8) is 0 Å². The van der Waals surface area contributed by atoms with E-state index in [4.69, 9.17) is 0 Å². The largest absolute Gasteiger partial charge is 0.357 e. The summed E-state index contributed by atoms with van der Waals surface area (Å²) < 4.78 is 0.799. The van der Waals surface area contributed by atoms with Crippen LogP contribution in [-0.2, 0) is 4.79 Å². The lowest BCUT2D eigenvalue weighted by atomic mass is 10.0. The number of amides is 1. The normalized spacial score (nSPS) is 14.8. The summed E-state index contributed by atoms with van der Waals surface area (Å²) in [6, 6.07) is 7.83. The summed E-state index contributed by atoms with van der Waals surface area (Å²) in [5.41, 5.74) is 1.63. The van der Waals surface area contributed by atoms with Gasteiger partial charge >= 0.3 is 0 Å². The summed E-state index contributed by atoms with van der Waals surface area (Å²) in [5, 5.41) is 15.2. The second kappa shape index (κ2) is 7.97. The Labute approximate surface area is 154 Å². The van der Waals surface area contributed by atoms with Crippen LogP contribution in [0.5, 0.6) is 0 Å². The Morgan fingerprint density at radius 2 is 2.00 bits per heavy atom. The van der Waals surface area contributed by atoms with Crippen LogP contribution in [0.4, 0.5) is 5.13 Å². The van der Waals surface area contributed by atoms with E-state index < -0.39 is 0 Å². The molecule has 1 aromatic heterocycles. The standard InChI is InChI=1S/C17H20N4O2S2/c1-10(18-11(2)22)12-3-5-13(6-4-12)15(23)9-24-17-21-20-16(25-17)19-14-7-8-14/h3-6,10,14H,7-9H2,1-2H3,(H,18,22)(H,19,20)/t10-/m0/s1. The van der Waals surface area contributed by atoms with Crippen LogP contribution in [-0.4, -0.2) is 33.7 Å². The second-order valence-corrected chi connectivity index (χ2v) is 8.25. The molecule has 1 saturated carbocycles. The van der Waals surface area contributed by atoms with Gasteiger partial charge in [0.2, 0.25) is 11.0 Å². The van der Waals surface area contributed by atoms with E-state index in [0.29, 0.717) is 17.4 Å². The number of carbonyl (C=O) groups is 2. The SMILES string of the molecule is CC(=O)N[C@@H](C)c1ccc(C(=O)CSc2nnc(NC3CC3)s2)cc1. The fourth-order valence-corrected chi connectivity index (χ4v) is 4.01. The first-order valence-corrected chi connectivity index (χ1v) is 9.94. The average molecular weight is 377 g/mol. The lowest BCUT2D eigenvalue weighted by Gasteiger charge is -2.13. The van der Waals surface area contributed by atoms with Crippen molar-refractivity contribution in [1.29, 1.82) is 0 Å². The minimum atomic E-state index is -0.0743. The second-order valence-electron chi connectivity index (χ2n) is 6.05. The molecule has 6 nitrogen and oxygen atoms in total. The topological polar surface area (TPSA) is 84.0 Å². The van der Waals surface area contributed by atoms with Gasteiger partial charge in [0.25, 0.3) is 0 Å². The maximum Gasteiger partial charge on any atom is 0.217 e. The van der Waals surface area contributed by atoms with Crippen LogP contribution < -0.4 is 10.6 Å². The van der Waals surface area contributed by atoms with Gasteiger partial charge in [0.15, 0.2) is 10.1 Å². The van der Waals surface area contributed by atoms with Crippen LogP contribution in [0.1, 0.15) is 48.7 Å². The molecule has 1 aliphatic carbocycles. The Morgan fingerprint density at radius 1 is 1.28 bits per heavy atom. The number of thioether (sulfide) groups is 1. The summed E-state index contributed by atoms with van der Waals surface area (Å²) in [5.74, 6) is 0.311. The van der Waals surface area contributed by atoms with E-state index in [9.17, 15) is 9.59 Å². The number of anilines is 1. The number of hydrogen-bond acceptors (Lipinski definition) is 7. The molecule has 1 aromatic carbocycles. The molecule has 0 saturated heterocycles. The van der Waals surface area contributed by atoms with Crippen molar-refractivity contribution in [2.45, 2.75) is 43.1 Å². The first-order chi connectivity index (χ1) is 12.0. The van der Waals surface area contributed by atoms with Crippen molar-refractivity contribution in [3.05, 3.63) is 35.4 Å². The van der Waals surface area contributed by atoms with Crippen molar-refractivity contribution in [2.24, 2.45) is 0 Å². The van der Waals surface area contributed by atoms with E-state index in [-0.39, 0.29) is 17.7 Å². The van der Waals surface area contributed by atoms with Crippen molar-refractivity contribution in [3.8, 4) is 0 Å². The summed E-state index contributed by atoms with van der Waals surface area (Å²) in [4.78, 5) is 23.4. The highest BCUT2D eigenvalue weighted by atomic mass is 32.2. The van der Waals surface area contributed by atoms with Crippen LogP contribution in [0.2, 0.25) is 0 Å². The molecule has 25 heavy (non-hydrogen) atoms. The third kappa shape index (κ3) is 5.27. The van der Waals surface area contributed by atoms with E-state index in [0.717, 1.165) is 15.0 Å². The Bertz CT molecular complexity index is 756. The minimum absolute atomic E-state index is 0.0515. The first-order valence-electron chi connectivity index (χ1n) is 8.14. The number of aromatic nitrogens is 2. The van der Waals surface area contributed by atoms with E-state index in [2.05, 4.69) is 20.8 Å². The number of hydrogen-bond donors (Lipinski definition) is 2. The van der Waals surface area contributed by atoms with Gasteiger partial charge in [-0.25, -0.2) is 0 Å². The molecule has 8 heteroatoms. The average Bonchev–Trinajstić information content (AvgIpc) is 3.28. The van der Waals surface area contributed by atoms with Crippen LogP contribution in [0.25, 0.3) is 0 Å². The highest BCUT2D eigenvalue weighted by molar-refractivity contribution is 8.01. The highest BCUT2D eigenvalue weighted by Crippen LogP contribution is 2.30. The zero-order valence-corrected chi connectivity index (χ0v) is 15.7. The summed E-state index contributed by atoms with van der Waals surface area (Å²) in [6.07, 6.45) is 2.38. The van der Waals surface area contributed by atoms with Gasteiger partial charge in [-0.05, 0) is 25.3 Å². The van der Waals surface area contributed by atoms with Gasteiger partial charge in [-0.1, -0.05) is 47.4 Å². The Morgan fingerprint density at radius 3 is 2.64 bits per heavy atom. The van der Waals surface area contributed by atoms with Crippen molar-refractivity contribution in [2.75, 3.05) is 11.1 Å². The van der Waals surface area contributed by atoms with E-state index >= 15 is 0 Å². The Hall–Kier alpha value is -1.93. The highest BCUT2D eigenvalue weighted by Gasteiger charge is 2.22. The fourth-order valence-electron chi connectivity index (χ4n) is 2.29. The molecule has 0 radical (unpaired) electrons. The number of rotatable bonds is 8. The number of carbonyl (C=O) groups excluding carboxylic acids is 2. The van der Waals surface area contributed by atoms with Crippen LogP contribution >= 0.6 is 23.1 Å². The van der Waals surface area contributed by atoms with Gasteiger partial charge in [0.05, 0.1) is 11.8 Å². The number of Topliss-reactive ketones (excluding diaryl/α,β-unsaturated/α-hetero) is 1. The monoisotopic (exact) mass is 376 g/mol. The van der Waals surface area contributed by atoms with Gasteiger partial charge < -0.3 is 10.6 Å². The van der Waals surface area contributed by atoms with Crippen molar-refractivity contribution >= 4 is 39.9 Å². The van der Waals surface area contributed by atoms with Crippen LogP contribution in [0, 0.1) is 0 Å². The molecule has 132 valence electrons. The third-order valence-electron chi connectivity index (χ3n) is 3.79. The third-order valence-corrected chi connectivity index (χ3v) is 5.78. The minimum Gasteiger partial charge on any atom is -0.357 e. The van der Waals surface area contributed by atoms with Gasteiger partial charge in [-0.2, -0.15) is 0 Å². The molecule has 2 N–H and O–H groups in total. The van der Waals surface area contributed by atoms with Crippen molar-refractivity contribution < 1.29 is 9.59 Å². The predicted octanol–water partition coefficient (Wildman–Crippen LogP) is 3.28. The molecular weight excluding hydrogens is 356 g/mol. The fraction of sp³-hybridized carbons (Fsp3) is 0.412. The summed E-state index contributed by atoms with van der Waals surface area (Å²) in [6.45, 7) is 3.40. The van der Waals surface area contributed by atoms with Crippen LogP contribution in [0.15, 0.2) is 28.6 Å². The molecule has 1 amide bonds. The van der Waals surface area contributed by atoms with Gasteiger partial charge in [0.1, 0.15) is 0 Å². The van der Waals surface area contributed by atoms with E-state index in [1.165, 1.54) is 42.9 Å². The van der Waals surface area contributed by atoms with E-state index in [1.807, 2.05) is 19.1 Å². The zero-order chi connectivity index (χ0) is 17.8. The predicted molar refractivity (Wildman–Crippen MR) is 100 cm³/mol. The molecule has 3 rings (SSSR count).